The molecule has 0 aliphatic carbocycles. The molecule has 1 radical (unpaired) electrons. The molecule has 0 saturated carbocycles. The van der Waals surface area contributed by atoms with Crippen LogP contribution >= 0.6 is 0 Å². The highest BCUT2D eigenvalue weighted by Gasteiger charge is 1.95. The summed E-state index contributed by atoms with van der Waals surface area (Å²) in [6.45, 7) is 7.34. The maximum atomic E-state index is 5.06. The maximum absolute atomic E-state index is 5.06. The van der Waals surface area contributed by atoms with Crippen LogP contribution in [0, 0.1) is 6.92 Å². The SMILES string of the molecule is [CH2]CCOOCCCCCCCCCCCCCCCCCCCC. The molecule has 0 aliphatic heterocycles. The van der Waals surface area contributed by atoms with Crippen molar-refractivity contribution in [3.05, 3.63) is 6.92 Å². The van der Waals surface area contributed by atoms with Crippen LogP contribution in [0.15, 0.2) is 0 Å². The average molecular weight is 356 g/mol. The minimum Gasteiger partial charge on any atom is -0.237 e. The van der Waals surface area contributed by atoms with Crippen molar-refractivity contribution in [2.75, 3.05) is 13.2 Å². The van der Waals surface area contributed by atoms with E-state index in [2.05, 4.69) is 13.8 Å². The fourth-order valence-corrected chi connectivity index (χ4v) is 3.24. The molecule has 0 atom stereocenters. The molecule has 0 saturated heterocycles. The summed E-state index contributed by atoms with van der Waals surface area (Å²) < 4.78 is 0. The van der Waals surface area contributed by atoms with Gasteiger partial charge in [-0.1, -0.05) is 123 Å². The van der Waals surface area contributed by atoms with Crippen LogP contribution in [0.3, 0.4) is 0 Å². The molecule has 0 aromatic heterocycles. The molecule has 0 bridgehead atoms. The van der Waals surface area contributed by atoms with E-state index in [-0.39, 0.29) is 0 Å². The monoisotopic (exact) mass is 355 g/mol. The van der Waals surface area contributed by atoms with Gasteiger partial charge in [0.15, 0.2) is 0 Å². The molecule has 151 valence electrons. The van der Waals surface area contributed by atoms with Crippen LogP contribution in [-0.4, -0.2) is 13.2 Å². The van der Waals surface area contributed by atoms with Gasteiger partial charge in [-0.25, -0.2) is 9.78 Å². The Morgan fingerprint density at radius 3 is 1.12 bits per heavy atom. The van der Waals surface area contributed by atoms with Crippen LogP contribution in [0.5, 0.6) is 0 Å². The topological polar surface area (TPSA) is 18.5 Å². The van der Waals surface area contributed by atoms with Gasteiger partial charge in [-0.2, -0.15) is 0 Å². The Bertz CT molecular complexity index is 196. The van der Waals surface area contributed by atoms with Gasteiger partial charge in [0.2, 0.25) is 0 Å². The predicted octanol–water partition coefficient (Wildman–Crippen LogP) is 8.20. The Kier molecular flexibility index (Phi) is 23.8. The highest BCUT2D eigenvalue weighted by molar-refractivity contribution is 4.50. The van der Waals surface area contributed by atoms with Gasteiger partial charge in [-0.05, 0) is 12.8 Å². The van der Waals surface area contributed by atoms with E-state index < -0.39 is 0 Å². The summed E-state index contributed by atoms with van der Waals surface area (Å²) in [5.41, 5.74) is 0. The van der Waals surface area contributed by atoms with E-state index in [9.17, 15) is 0 Å². The summed E-state index contributed by atoms with van der Waals surface area (Å²) >= 11 is 0. The minimum absolute atomic E-state index is 0.610. The molecule has 0 unspecified atom stereocenters. The second kappa shape index (κ2) is 23.9. The van der Waals surface area contributed by atoms with Gasteiger partial charge in [-0.3, -0.25) is 0 Å². The van der Waals surface area contributed by atoms with Gasteiger partial charge in [0, 0.05) is 0 Å². The molecule has 25 heavy (non-hydrogen) atoms. The van der Waals surface area contributed by atoms with E-state index in [1.54, 1.807) is 0 Å². The van der Waals surface area contributed by atoms with Crippen LogP contribution in [0.1, 0.15) is 129 Å². The van der Waals surface area contributed by atoms with Gasteiger partial charge in [0.25, 0.3) is 0 Å². The van der Waals surface area contributed by atoms with Crippen molar-refractivity contribution in [2.45, 2.75) is 129 Å². The summed E-state index contributed by atoms with van der Waals surface area (Å²) in [4.78, 5) is 10.0. The Morgan fingerprint density at radius 2 is 0.760 bits per heavy atom. The third kappa shape index (κ3) is 23.9. The smallest absolute Gasteiger partial charge is 0.0822 e. The lowest BCUT2D eigenvalue weighted by Gasteiger charge is -2.04. The van der Waals surface area contributed by atoms with Crippen LogP contribution in [0.4, 0.5) is 0 Å². The van der Waals surface area contributed by atoms with Gasteiger partial charge in [-0.15, -0.1) is 0 Å². The fourth-order valence-electron chi connectivity index (χ4n) is 3.24. The summed E-state index contributed by atoms with van der Waals surface area (Å²) in [5.74, 6) is 0. The average Bonchev–Trinajstić information content (AvgIpc) is 2.63. The second-order valence-corrected chi connectivity index (χ2v) is 7.51. The zero-order valence-corrected chi connectivity index (χ0v) is 17.4. The highest BCUT2D eigenvalue weighted by Crippen LogP contribution is 2.14. The van der Waals surface area contributed by atoms with Crippen molar-refractivity contribution >= 4 is 0 Å². The summed E-state index contributed by atoms with van der Waals surface area (Å²) in [6.07, 6.45) is 26.1. The lowest BCUT2D eigenvalue weighted by atomic mass is 10.0. The molecule has 0 aromatic rings. The molecule has 0 N–H and O–H groups in total. The highest BCUT2D eigenvalue weighted by atomic mass is 17.2. The number of rotatable bonds is 22. The first-order chi connectivity index (χ1) is 12.4. The van der Waals surface area contributed by atoms with Gasteiger partial charge in [0.05, 0.1) is 13.2 Å². The molecule has 0 aromatic carbocycles. The second-order valence-electron chi connectivity index (χ2n) is 7.51. The molecule has 0 spiro atoms. The van der Waals surface area contributed by atoms with E-state index in [1.807, 2.05) is 0 Å². The van der Waals surface area contributed by atoms with E-state index in [0.717, 1.165) is 19.4 Å². The number of unbranched alkanes of at least 4 members (excludes halogenated alkanes) is 17. The zero-order valence-electron chi connectivity index (χ0n) is 17.4. The van der Waals surface area contributed by atoms with Crippen LogP contribution in [0.25, 0.3) is 0 Å². The first-order valence-corrected chi connectivity index (χ1v) is 11.5. The summed E-state index contributed by atoms with van der Waals surface area (Å²) in [6, 6.07) is 0. The molecule has 0 heterocycles. The number of hydrogen-bond donors (Lipinski definition) is 0. The standard InChI is InChI=1S/C23H47O2/c1-3-5-6-7-8-9-10-11-12-13-14-15-16-17-18-19-20-21-23-25-24-22-4-2/h2-23H2,1H3. The Balaban J connectivity index is 2.94. The van der Waals surface area contributed by atoms with E-state index >= 15 is 0 Å². The van der Waals surface area contributed by atoms with Crippen molar-refractivity contribution in [3.8, 4) is 0 Å². The van der Waals surface area contributed by atoms with Crippen LogP contribution in [0.2, 0.25) is 0 Å². The maximum Gasteiger partial charge on any atom is 0.0822 e. The Morgan fingerprint density at radius 1 is 0.440 bits per heavy atom. The van der Waals surface area contributed by atoms with Crippen molar-refractivity contribution in [2.24, 2.45) is 0 Å². The normalized spacial score (nSPS) is 11.3. The molecular formula is C23H47O2. The molecule has 0 amide bonds. The van der Waals surface area contributed by atoms with Crippen LogP contribution in [-0.2, 0) is 9.78 Å². The minimum atomic E-state index is 0.610. The first-order valence-electron chi connectivity index (χ1n) is 11.5. The van der Waals surface area contributed by atoms with Crippen molar-refractivity contribution in [3.63, 3.8) is 0 Å². The van der Waals surface area contributed by atoms with E-state index in [0.29, 0.717) is 6.61 Å². The molecular weight excluding hydrogens is 308 g/mol. The lowest BCUT2D eigenvalue weighted by molar-refractivity contribution is -0.293. The Hall–Kier alpha value is -0.0800. The van der Waals surface area contributed by atoms with Gasteiger partial charge in [0.1, 0.15) is 0 Å². The molecule has 0 fully saturated rings. The quantitative estimate of drug-likeness (QED) is 0.111. The molecule has 2 heteroatoms. The van der Waals surface area contributed by atoms with Gasteiger partial charge < -0.3 is 0 Å². The molecule has 2 nitrogen and oxygen atoms in total. The third-order valence-corrected chi connectivity index (χ3v) is 4.89. The van der Waals surface area contributed by atoms with E-state index in [4.69, 9.17) is 9.78 Å². The van der Waals surface area contributed by atoms with Crippen molar-refractivity contribution in [1.82, 2.24) is 0 Å². The summed E-state index contributed by atoms with van der Waals surface area (Å²) in [5, 5.41) is 0. The van der Waals surface area contributed by atoms with E-state index in [1.165, 1.54) is 109 Å². The zero-order chi connectivity index (χ0) is 18.3. The van der Waals surface area contributed by atoms with Gasteiger partial charge >= 0.3 is 0 Å². The summed E-state index contributed by atoms with van der Waals surface area (Å²) in [7, 11) is 0. The lowest BCUT2D eigenvalue weighted by Crippen LogP contribution is -1.97. The first kappa shape index (κ1) is 24.9. The predicted molar refractivity (Wildman–Crippen MR) is 111 cm³/mol. The van der Waals surface area contributed by atoms with Crippen molar-refractivity contribution < 1.29 is 9.78 Å². The molecule has 0 rings (SSSR count). The Labute approximate surface area is 159 Å². The fraction of sp³-hybridized carbons (Fsp3) is 0.957. The molecule has 0 aliphatic rings. The third-order valence-electron chi connectivity index (χ3n) is 4.89. The largest absolute Gasteiger partial charge is 0.237 e. The number of hydrogen-bond acceptors (Lipinski definition) is 2. The van der Waals surface area contributed by atoms with Crippen molar-refractivity contribution in [1.29, 1.82) is 0 Å². The van der Waals surface area contributed by atoms with Crippen LogP contribution < -0.4 is 0 Å².